The molecule has 1 N–H and O–H groups in total. The fourth-order valence-corrected chi connectivity index (χ4v) is 4.90. The zero-order valence-electron chi connectivity index (χ0n) is 18.1. The van der Waals surface area contributed by atoms with E-state index in [4.69, 9.17) is 9.47 Å². The third-order valence-corrected chi connectivity index (χ3v) is 7.20. The molecule has 2 aromatic carbocycles. The van der Waals surface area contributed by atoms with Crippen LogP contribution in [0.5, 0.6) is 11.5 Å². The van der Waals surface area contributed by atoms with Crippen LogP contribution in [0.1, 0.15) is 12.0 Å². The van der Waals surface area contributed by atoms with Crippen LogP contribution in [0.4, 0.5) is 5.69 Å². The zero-order valence-corrected chi connectivity index (χ0v) is 18.9. The highest BCUT2D eigenvalue weighted by Crippen LogP contribution is 2.28. The molecule has 0 unspecified atom stereocenters. The Balaban J connectivity index is 1.62. The first-order valence-electron chi connectivity index (χ1n) is 10.1. The Hall–Kier alpha value is -2.62. The van der Waals surface area contributed by atoms with E-state index in [1.165, 1.54) is 10.4 Å². The highest BCUT2D eigenvalue weighted by atomic mass is 32.2. The number of piperazine rings is 1. The topological polar surface area (TPSA) is 88.2 Å². The van der Waals surface area contributed by atoms with Gasteiger partial charge in [0.05, 0.1) is 19.1 Å². The molecule has 1 saturated heterocycles. The number of carbonyl (C=O) groups excluding carboxylic acids is 1. The number of aryl methyl sites for hydroxylation is 1. The van der Waals surface area contributed by atoms with Crippen LogP contribution >= 0.6 is 0 Å². The maximum absolute atomic E-state index is 12.9. The monoisotopic (exact) mass is 447 g/mol. The Bertz CT molecular complexity index is 1020. The van der Waals surface area contributed by atoms with Gasteiger partial charge in [-0.2, -0.15) is 4.31 Å². The van der Waals surface area contributed by atoms with E-state index in [0.29, 0.717) is 49.8 Å². The predicted molar refractivity (Wildman–Crippen MR) is 119 cm³/mol. The van der Waals surface area contributed by atoms with Crippen molar-refractivity contribution < 1.29 is 22.7 Å². The van der Waals surface area contributed by atoms with Crippen LogP contribution in [-0.2, 0) is 21.2 Å². The van der Waals surface area contributed by atoms with Gasteiger partial charge in [-0.3, -0.25) is 4.79 Å². The molecule has 8 nitrogen and oxygen atoms in total. The van der Waals surface area contributed by atoms with E-state index in [2.05, 4.69) is 10.2 Å². The molecule has 1 aliphatic rings. The molecule has 1 heterocycles. The van der Waals surface area contributed by atoms with Gasteiger partial charge in [0.1, 0.15) is 0 Å². The molecule has 0 spiro atoms. The van der Waals surface area contributed by atoms with Crippen molar-refractivity contribution in [2.24, 2.45) is 0 Å². The van der Waals surface area contributed by atoms with Gasteiger partial charge in [-0.15, -0.1) is 0 Å². The van der Waals surface area contributed by atoms with Gasteiger partial charge in [0.15, 0.2) is 11.5 Å². The van der Waals surface area contributed by atoms with Crippen LogP contribution in [0.15, 0.2) is 47.4 Å². The lowest BCUT2D eigenvalue weighted by Crippen LogP contribution is -2.47. The number of rotatable bonds is 8. The normalized spacial score (nSPS) is 15.5. The second-order valence-corrected chi connectivity index (χ2v) is 9.41. The van der Waals surface area contributed by atoms with E-state index in [9.17, 15) is 13.2 Å². The summed E-state index contributed by atoms with van der Waals surface area (Å²) in [5.41, 5.74) is 1.41. The lowest BCUT2D eigenvalue weighted by Gasteiger charge is -2.31. The van der Waals surface area contributed by atoms with Crippen molar-refractivity contribution in [2.45, 2.75) is 17.7 Å². The summed E-state index contributed by atoms with van der Waals surface area (Å²) >= 11 is 0. The van der Waals surface area contributed by atoms with Crippen LogP contribution in [0.2, 0.25) is 0 Å². The number of methoxy groups -OCH3 is 2. The molecule has 0 bridgehead atoms. The van der Waals surface area contributed by atoms with Crippen LogP contribution in [0.3, 0.4) is 0 Å². The van der Waals surface area contributed by atoms with Gasteiger partial charge in [0, 0.05) is 38.3 Å². The average molecular weight is 448 g/mol. The van der Waals surface area contributed by atoms with Crippen molar-refractivity contribution in [2.75, 3.05) is 52.8 Å². The number of anilines is 1. The largest absolute Gasteiger partial charge is 0.493 e. The molecule has 31 heavy (non-hydrogen) atoms. The molecule has 9 heteroatoms. The molecule has 3 rings (SSSR count). The molecule has 0 aliphatic carbocycles. The number of sulfonamides is 1. The van der Waals surface area contributed by atoms with Crippen LogP contribution < -0.4 is 14.8 Å². The quantitative estimate of drug-likeness (QED) is 0.668. The number of hydrogen-bond acceptors (Lipinski definition) is 6. The SMILES string of the molecule is COc1ccc(CCC(=O)Nc2cccc(S(=O)(=O)N3CCN(C)CC3)c2)cc1OC. The Morgan fingerprint density at radius 3 is 2.39 bits per heavy atom. The number of nitrogens with one attached hydrogen (secondary N) is 1. The lowest BCUT2D eigenvalue weighted by molar-refractivity contribution is -0.116. The number of benzene rings is 2. The van der Waals surface area contributed by atoms with E-state index in [1.54, 1.807) is 38.5 Å². The second-order valence-electron chi connectivity index (χ2n) is 7.47. The third kappa shape index (κ3) is 5.75. The van der Waals surface area contributed by atoms with Gasteiger partial charge >= 0.3 is 0 Å². The summed E-state index contributed by atoms with van der Waals surface area (Å²) < 4.78 is 37.9. The maximum atomic E-state index is 12.9. The van der Waals surface area contributed by atoms with E-state index in [1.807, 2.05) is 19.2 Å². The fraction of sp³-hybridized carbons (Fsp3) is 0.409. The lowest BCUT2D eigenvalue weighted by atomic mass is 10.1. The first-order chi connectivity index (χ1) is 14.8. The van der Waals surface area contributed by atoms with Gasteiger partial charge in [-0.25, -0.2) is 8.42 Å². The Labute approximate surface area is 183 Å². The summed E-state index contributed by atoms with van der Waals surface area (Å²) in [4.78, 5) is 14.7. The van der Waals surface area contributed by atoms with Gasteiger partial charge in [0.25, 0.3) is 0 Å². The Morgan fingerprint density at radius 1 is 1.00 bits per heavy atom. The van der Waals surface area contributed by atoms with Crippen molar-refractivity contribution in [1.82, 2.24) is 9.21 Å². The Kier molecular flexibility index (Phi) is 7.53. The van der Waals surface area contributed by atoms with Gasteiger partial charge < -0.3 is 19.7 Å². The second kappa shape index (κ2) is 10.1. The van der Waals surface area contributed by atoms with Crippen molar-refractivity contribution in [3.63, 3.8) is 0 Å². The molecule has 0 saturated carbocycles. The number of amides is 1. The number of nitrogens with zero attached hydrogens (tertiary/aromatic N) is 2. The minimum atomic E-state index is -3.58. The molecule has 168 valence electrons. The molecule has 1 amide bonds. The molecular weight excluding hydrogens is 418 g/mol. The standard InChI is InChI=1S/C22H29N3O5S/c1-24-11-13-25(14-12-24)31(27,28)19-6-4-5-18(16-19)23-22(26)10-8-17-7-9-20(29-2)21(15-17)30-3/h4-7,9,15-16H,8,10-14H2,1-3H3,(H,23,26). The molecule has 2 aromatic rings. The smallest absolute Gasteiger partial charge is 0.243 e. The maximum Gasteiger partial charge on any atom is 0.243 e. The van der Waals surface area contributed by atoms with Crippen LogP contribution in [0.25, 0.3) is 0 Å². The number of carbonyl (C=O) groups is 1. The summed E-state index contributed by atoms with van der Waals surface area (Å²) in [5.74, 6) is 1.06. The molecule has 0 atom stereocenters. The summed E-state index contributed by atoms with van der Waals surface area (Å²) in [6.45, 7) is 2.32. The summed E-state index contributed by atoms with van der Waals surface area (Å²) in [7, 11) is 1.53. The molecule has 1 fully saturated rings. The predicted octanol–water partition coefficient (Wildman–Crippen LogP) is 2.21. The van der Waals surface area contributed by atoms with Gasteiger partial charge in [0.2, 0.25) is 15.9 Å². The molecule has 0 aromatic heterocycles. The minimum absolute atomic E-state index is 0.190. The number of hydrogen-bond donors (Lipinski definition) is 1. The summed E-state index contributed by atoms with van der Waals surface area (Å²) in [6, 6.07) is 11.9. The van der Waals surface area contributed by atoms with E-state index < -0.39 is 10.0 Å². The van der Waals surface area contributed by atoms with Crippen molar-refractivity contribution in [1.29, 1.82) is 0 Å². The first-order valence-corrected chi connectivity index (χ1v) is 11.6. The number of likely N-dealkylation sites (N-methyl/N-ethyl adjacent to an activating group) is 1. The van der Waals surface area contributed by atoms with E-state index >= 15 is 0 Å². The van der Waals surface area contributed by atoms with Crippen LogP contribution in [0, 0.1) is 0 Å². The Morgan fingerprint density at radius 2 is 1.71 bits per heavy atom. The van der Waals surface area contributed by atoms with Crippen molar-refractivity contribution in [3.05, 3.63) is 48.0 Å². The highest BCUT2D eigenvalue weighted by Gasteiger charge is 2.27. The van der Waals surface area contributed by atoms with E-state index in [0.717, 1.165) is 5.56 Å². The summed E-state index contributed by atoms with van der Waals surface area (Å²) in [6.07, 6.45) is 0.774. The van der Waals surface area contributed by atoms with Crippen molar-refractivity contribution >= 4 is 21.6 Å². The van der Waals surface area contributed by atoms with Crippen molar-refractivity contribution in [3.8, 4) is 11.5 Å². The zero-order chi connectivity index (χ0) is 22.4. The minimum Gasteiger partial charge on any atom is -0.493 e. The molecular formula is C22H29N3O5S. The third-order valence-electron chi connectivity index (χ3n) is 5.31. The molecule has 0 radical (unpaired) electrons. The molecule has 1 aliphatic heterocycles. The van der Waals surface area contributed by atoms with E-state index in [-0.39, 0.29) is 17.2 Å². The van der Waals surface area contributed by atoms with Gasteiger partial charge in [-0.05, 0) is 49.4 Å². The summed E-state index contributed by atoms with van der Waals surface area (Å²) in [5, 5.41) is 2.80. The van der Waals surface area contributed by atoms with Gasteiger partial charge in [-0.1, -0.05) is 12.1 Å². The fourth-order valence-electron chi connectivity index (χ4n) is 3.43. The average Bonchev–Trinajstić information content (AvgIpc) is 2.78. The van der Waals surface area contributed by atoms with Crippen LogP contribution in [-0.4, -0.2) is 71.0 Å². The highest BCUT2D eigenvalue weighted by molar-refractivity contribution is 7.89. The first kappa shape index (κ1) is 23.1. The number of ether oxygens (including phenoxy) is 2.